The predicted octanol–water partition coefficient (Wildman–Crippen LogP) is 4.41. The van der Waals surface area contributed by atoms with Crippen LogP contribution >= 0.6 is 0 Å². The van der Waals surface area contributed by atoms with Gasteiger partial charge in [-0.15, -0.1) is 0 Å². The highest BCUT2D eigenvalue weighted by Crippen LogP contribution is 2.39. The van der Waals surface area contributed by atoms with E-state index in [1.54, 1.807) is 6.07 Å². The monoisotopic (exact) mass is 366 g/mol. The number of nitrogens with one attached hydrogen (secondary N) is 1. The molecule has 0 radical (unpaired) electrons. The summed E-state index contributed by atoms with van der Waals surface area (Å²) >= 11 is 0. The second kappa shape index (κ2) is 6.35. The minimum atomic E-state index is -4.65. The number of aromatic nitrogens is 3. The van der Waals surface area contributed by atoms with E-state index in [-0.39, 0.29) is 23.1 Å². The topological polar surface area (TPSA) is 67.6 Å². The Bertz CT molecular complexity index is 942. The number of nitrogens with two attached hydrogens (primary N) is 1. The van der Waals surface area contributed by atoms with Crippen molar-refractivity contribution in [2.75, 3.05) is 6.54 Å². The van der Waals surface area contributed by atoms with Gasteiger partial charge in [0.1, 0.15) is 5.82 Å². The van der Waals surface area contributed by atoms with E-state index < -0.39 is 23.1 Å². The Labute approximate surface area is 147 Å². The van der Waals surface area contributed by atoms with E-state index >= 15 is 0 Å². The van der Waals surface area contributed by atoms with Crippen molar-refractivity contribution in [2.24, 2.45) is 5.73 Å². The van der Waals surface area contributed by atoms with Gasteiger partial charge in [-0.05, 0) is 41.3 Å². The maximum absolute atomic E-state index is 14.3. The molecular weight excluding hydrogens is 348 g/mol. The summed E-state index contributed by atoms with van der Waals surface area (Å²) in [5.74, 6) is -0.535. The van der Waals surface area contributed by atoms with Crippen LogP contribution in [0.4, 0.5) is 17.6 Å². The highest BCUT2D eigenvalue weighted by atomic mass is 19.4. The lowest BCUT2D eigenvalue weighted by atomic mass is 9.79. The van der Waals surface area contributed by atoms with Gasteiger partial charge >= 0.3 is 6.18 Å². The van der Waals surface area contributed by atoms with Crippen molar-refractivity contribution < 1.29 is 17.6 Å². The van der Waals surface area contributed by atoms with Crippen molar-refractivity contribution in [3.63, 3.8) is 0 Å². The molecule has 0 aliphatic heterocycles. The summed E-state index contributed by atoms with van der Waals surface area (Å²) in [5, 5.41) is 5.47. The van der Waals surface area contributed by atoms with Crippen molar-refractivity contribution >= 4 is 11.0 Å². The quantitative estimate of drug-likeness (QED) is 0.672. The van der Waals surface area contributed by atoms with Gasteiger partial charge in [-0.2, -0.15) is 18.3 Å². The summed E-state index contributed by atoms with van der Waals surface area (Å²) in [5.41, 5.74) is 5.47. The SMILES string of the molecule is CCC(C)(CN)c1cc(F)cc(-c2ccnc3[nH]nc(C(F)(F)F)c23)c1. The van der Waals surface area contributed by atoms with Gasteiger partial charge in [-0.1, -0.05) is 19.9 Å². The highest BCUT2D eigenvalue weighted by Gasteiger charge is 2.37. The minimum absolute atomic E-state index is 0.00212. The van der Waals surface area contributed by atoms with E-state index in [0.717, 1.165) is 0 Å². The lowest BCUT2D eigenvalue weighted by Gasteiger charge is -2.27. The van der Waals surface area contributed by atoms with E-state index in [2.05, 4.69) is 15.2 Å². The first-order chi connectivity index (χ1) is 12.2. The van der Waals surface area contributed by atoms with E-state index in [0.29, 0.717) is 17.5 Å². The molecule has 3 rings (SSSR count). The van der Waals surface area contributed by atoms with Gasteiger partial charge in [-0.3, -0.25) is 5.10 Å². The fourth-order valence-corrected chi connectivity index (χ4v) is 2.96. The van der Waals surface area contributed by atoms with Crippen molar-refractivity contribution in [3.05, 3.63) is 47.5 Å². The Kier molecular flexibility index (Phi) is 4.47. The molecule has 1 unspecified atom stereocenters. The molecule has 0 bridgehead atoms. The molecule has 0 aliphatic rings. The molecule has 0 saturated heterocycles. The number of aromatic amines is 1. The zero-order chi connectivity index (χ0) is 19.1. The first-order valence-electron chi connectivity index (χ1n) is 8.11. The van der Waals surface area contributed by atoms with Crippen molar-refractivity contribution in [2.45, 2.75) is 31.9 Å². The number of hydrogen-bond acceptors (Lipinski definition) is 3. The molecule has 1 atom stereocenters. The molecule has 4 nitrogen and oxygen atoms in total. The summed E-state index contributed by atoms with van der Waals surface area (Å²) in [4.78, 5) is 3.90. The Morgan fingerprint density at radius 2 is 1.92 bits per heavy atom. The molecule has 8 heteroatoms. The largest absolute Gasteiger partial charge is 0.435 e. The van der Waals surface area contributed by atoms with Crippen molar-refractivity contribution in [1.29, 1.82) is 0 Å². The number of H-pyrrole nitrogens is 1. The summed E-state index contributed by atoms with van der Waals surface area (Å²) in [6, 6.07) is 5.69. The average molecular weight is 366 g/mol. The molecule has 0 amide bonds. The molecule has 0 fully saturated rings. The number of pyridine rings is 1. The van der Waals surface area contributed by atoms with E-state index in [9.17, 15) is 17.6 Å². The number of fused-ring (bicyclic) bond motifs is 1. The number of hydrogen-bond donors (Lipinski definition) is 2. The predicted molar refractivity (Wildman–Crippen MR) is 91.0 cm³/mol. The summed E-state index contributed by atoms with van der Waals surface area (Å²) in [6.07, 6.45) is -2.62. The lowest BCUT2D eigenvalue weighted by molar-refractivity contribution is -0.139. The first-order valence-corrected chi connectivity index (χ1v) is 8.11. The van der Waals surface area contributed by atoms with Crippen LogP contribution in [0, 0.1) is 5.82 Å². The summed E-state index contributed by atoms with van der Waals surface area (Å²) in [6.45, 7) is 4.12. The van der Waals surface area contributed by atoms with Crippen LogP contribution in [0.1, 0.15) is 31.5 Å². The standard InChI is InChI=1S/C18H18F4N4/c1-3-17(2,9-23)11-6-10(7-12(19)8-11)13-4-5-24-16-14(13)15(25-26-16)18(20,21)22/h4-8H,3,9,23H2,1-2H3,(H,24,25,26). The third-order valence-corrected chi connectivity index (χ3v) is 4.87. The van der Waals surface area contributed by atoms with Crippen LogP contribution in [0.2, 0.25) is 0 Å². The Morgan fingerprint density at radius 3 is 2.54 bits per heavy atom. The molecule has 3 N–H and O–H groups in total. The second-order valence-electron chi connectivity index (χ2n) is 6.50. The number of rotatable bonds is 4. The lowest BCUT2D eigenvalue weighted by Crippen LogP contribution is -2.31. The van der Waals surface area contributed by atoms with Crippen LogP contribution in [-0.2, 0) is 11.6 Å². The number of halogens is 4. The first kappa shape index (κ1) is 18.3. The molecule has 0 spiro atoms. The van der Waals surface area contributed by atoms with E-state index in [1.807, 2.05) is 13.8 Å². The molecule has 3 aromatic rings. The highest BCUT2D eigenvalue weighted by molar-refractivity contribution is 5.95. The molecule has 2 heterocycles. The number of alkyl halides is 3. The van der Waals surface area contributed by atoms with Gasteiger partial charge in [0.15, 0.2) is 11.3 Å². The van der Waals surface area contributed by atoms with Crippen molar-refractivity contribution in [3.8, 4) is 11.1 Å². The zero-order valence-corrected chi connectivity index (χ0v) is 14.3. The fraction of sp³-hybridized carbons (Fsp3) is 0.333. The third-order valence-electron chi connectivity index (χ3n) is 4.87. The number of benzene rings is 1. The Hall–Kier alpha value is -2.48. The molecule has 1 aromatic carbocycles. The van der Waals surface area contributed by atoms with Crippen LogP contribution < -0.4 is 5.73 Å². The van der Waals surface area contributed by atoms with E-state index in [1.165, 1.54) is 24.4 Å². The van der Waals surface area contributed by atoms with Crippen LogP contribution in [0.3, 0.4) is 0 Å². The smallest absolute Gasteiger partial charge is 0.330 e. The van der Waals surface area contributed by atoms with Gasteiger partial charge < -0.3 is 5.73 Å². The maximum Gasteiger partial charge on any atom is 0.435 e. The average Bonchev–Trinajstić information content (AvgIpc) is 3.05. The molecular formula is C18H18F4N4. The molecule has 26 heavy (non-hydrogen) atoms. The Balaban J connectivity index is 2.28. The van der Waals surface area contributed by atoms with Gasteiger partial charge in [0, 0.05) is 18.2 Å². The molecule has 0 saturated carbocycles. The summed E-state index contributed by atoms with van der Waals surface area (Å²) < 4.78 is 54.2. The second-order valence-corrected chi connectivity index (χ2v) is 6.50. The molecule has 138 valence electrons. The Morgan fingerprint density at radius 1 is 1.19 bits per heavy atom. The van der Waals surface area contributed by atoms with Gasteiger partial charge in [0.2, 0.25) is 0 Å². The molecule has 0 aliphatic carbocycles. The maximum atomic E-state index is 14.3. The van der Waals surface area contributed by atoms with Crippen LogP contribution in [-0.4, -0.2) is 21.7 Å². The van der Waals surface area contributed by atoms with Gasteiger partial charge in [0.25, 0.3) is 0 Å². The number of nitrogens with zero attached hydrogens (tertiary/aromatic N) is 2. The minimum Gasteiger partial charge on any atom is -0.330 e. The van der Waals surface area contributed by atoms with Crippen molar-refractivity contribution in [1.82, 2.24) is 15.2 Å². The summed E-state index contributed by atoms with van der Waals surface area (Å²) in [7, 11) is 0. The van der Waals surface area contributed by atoms with Crippen LogP contribution in [0.15, 0.2) is 30.5 Å². The fourth-order valence-electron chi connectivity index (χ4n) is 2.96. The molecule has 2 aromatic heterocycles. The van der Waals surface area contributed by atoms with Gasteiger partial charge in [-0.25, -0.2) is 9.37 Å². The normalized spacial score (nSPS) is 14.6. The van der Waals surface area contributed by atoms with Gasteiger partial charge in [0.05, 0.1) is 5.39 Å². The van der Waals surface area contributed by atoms with Crippen LogP contribution in [0.5, 0.6) is 0 Å². The van der Waals surface area contributed by atoms with E-state index in [4.69, 9.17) is 5.73 Å². The van der Waals surface area contributed by atoms with Crippen LogP contribution in [0.25, 0.3) is 22.2 Å². The third kappa shape index (κ3) is 3.05. The zero-order valence-electron chi connectivity index (χ0n) is 14.3.